The zero-order valence-corrected chi connectivity index (χ0v) is 11.3. The summed E-state index contributed by atoms with van der Waals surface area (Å²) in [5.74, 6) is -1.27. The highest BCUT2D eigenvalue weighted by Gasteiger charge is 2.24. The van der Waals surface area contributed by atoms with Crippen molar-refractivity contribution in [3.8, 4) is 0 Å². The Kier molecular flexibility index (Phi) is 2.93. The van der Waals surface area contributed by atoms with Gasteiger partial charge in [0.25, 0.3) is 0 Å². The molecule has 0 aliphatic rings. The van der Waals surface area contributed by atoms with Gasteiger partial charge in [-0.15, -0.1) is 22.7 Å². The predicted octanol–water partition coefficient (Wildman–Crippen LogP) is 3.89. The van der Waals surface area contributed by atoms with E-state index in [1.807, 2.05) is 12.1 Å². The summed E-state index contributed by atoms with van der Waals surface area (Å²) in [4.78, 5) is 24.7. The number of carbonyl (C=O) groups is 2. The minimum absolute atomic E-state index is 0.110. The molecule has 0 aliphatic carbocycles. The lowest BCUT2D eigenvalue weighted by Crippen LogP contribution is -2.05. The normalized spacial score (nSPS) is 10.7. The molecule has 3 nitrogen and oxygen atoms in total. The van der Waals surface area contributed by atoms with Gasteiger partial charge in [0.15, 0.2) is 0 Å². The van der Waals surface area contributed by atoms with Gasteiger partial charge in [-0.3, -0.25) is 4.79 Å². The van der Waals surface area contributed by atoms with E-state index in [2.05, 4.69) is 0 Å². The largest absolute Gasteiger partial charge is 0.478 e. The molecule has 0 spiro atoms. The molecule has 0 unspecified atom stereocenters. The summed E-state index contributed by atoms with van der Waals surface area (Å²) in [6.45, 7) is 0. The molecule has 2 heterocycles. The Morgan fingerprint density at radius 3 is 2.53 bits per heavy atom. The van der Waals surface area contributed by atoms with Gasteiger partial charge in [-0.05, 0) is 17.5 Å². The maximum Gasteiger partial charge on any atom is 0.337 e. The quantitative estimate of drug-likeness (QED) is 0.744. The molecule has 2 aromatic heterocycles. The average molecular weight is 288 g/mol. The predicted molar refractivity (Wildman–Crippen MR) is 76.5 cm³/mol. The van der Waals surface area contributed by atoms with Crippen molar-refractivity contribution in [3.63, 3.8) is 0 Å². The molecule has 0 amide bonds. The number of carbonyl (C=O) groups excluding carboxylic acids is 1. The van der Waals surface area contributed by atoms with Gasteiger partial charge in [0.2, 0.25) is 5.78 Å². The molecule has 0 aliphatic heterocycles. The molecule has 94 valence electrons. The lowest BCUT2D eigenvalue weighted by Gasteiger charge is -1.97. The fourth-order valence-corrected chi connectivity index (χ4v) is 3.82. The second-order valence-electron chi connectivity index (χ2n) is 3.91. The van der Waals surface area contributed by atoms with Crippen LogP contribution < -0.4 is 0 Å². The van der Waals surface area contributed by atoms with Gasteiger partial charge in [0.05, 0.1) is 15.3 Å². The van der Waals surface area contributed by atoms with Crippen LogP contribution in [-0.2, 0) is 0 Å². The summed E-state index contributed by atoms with van der Waals surface area (Å²) in [7, 11) is 0. The number of thiophene rings is 2. The van der Waals surface area contributed by atoms with E-state index in [1.165, 1.54) is 22.7 Å². The Morgan fingerprint density at radius 2 is 1.84 bits per heavy atom. The summed E-state index contributed by atoms with van der Waals surface area (Å²) in [5, 5.41) is 11.8. The molecular formula is C14H8O3S2. The number of carboxylic acid groups (broad SMARTS) is 1. The molecule has 0 fully saturated rings. The number of benzene rings is 1. The van der Waals surface area contributed by atoms with E-state index in [-0.39, 0.29) is 11.3 Å². The van der Waals surface area contributed by atoms with Gasteiger partial charge in [0.1, 0.15) is 0 Å². The Labute approximate surface area is 116 Å². The first-order valence-corrected chi connectivity index (χ1v) is 7.21. The summed E-state index contributed by atoms with van der Waals surface area (Å²) in [6, 6.07) is 10.7. The number of carboxylic acids is 1. The van der Waals surface area contributed by atoms with E-state index in [4.69, 9.17) is 0 Å². The SMILES string of the molecule is O=C(c1cccs1)c1sc2ccccc2c1C(=O)O. The Morgan fingerprint density at radius 1 is 1.05 bits per heavy atom. The van der Waals surface area contributed by atoms with Crippen LogP contribution in [0.2, 0.25) is 0 Å². The smallest absolute Gasteiger partial charge is 0.337 e. The van der Waals surface area contributed by atoms with Crippen molar-refractivity contribution >= 4 is 44.5 Å². The van der Waals surface area contributed by atoms with Crippen LogP contribution in [0.15, 0.2) is 41.8 Å². The Hall–Kier alpha value is -1.98. The van der Waals surface area contributed by atoms with Crippen LogP contribution in [0.4, 0.5) is 0 Å². The molecule has 0 saturated carbocycles. The number of hydrogen-bond acceptors (Lipinski definition) is 4. The zero-order chi connectivity index (χ0) is 13.4. The van der Waals surface area contributed by atoms with Crippen LogP contribution >= 0.6 is 22.7 Å². The van der Waals surface area contributed by atoms with Gasteiger partial charge >= 0.3 is 5.97 Å². The van der Waals surface area contributed by atoms with Crippen molar-refractivity contribution in [3.05, 3.63) is 57.1 Å². The van der Waals surface area contributed by atoms with Crippen molar-refractivity contribution < 1.29 is 14.7 Å². The van der Waals surface area contributed by atoms with Gasteiger partial charge in [-0.2, -0.15) is 0 Å². The van der Waals surface area contributed by atoms with Crippen LogP contribution in [0.5, 0.6) is 0 Å². The van der Waals surface area contributed by atoms with Crippen molar-refractivity contribution in [2.75, 3.05) is 0 Å². The van der Waals surface area contributed by atoms with Gasteiger partial charge in [-0.1, -0.05) is 24.3 Å². The van der Waals surface area contributed by atoms with Gasteiger partial charge < -0.3 is 5.11 Å². The lowest BCUT2D eigenvalue weighted by molar-refractivity contribution is 0.0696. The van der Waals surface area contributed by atoms with Crippen LogP contribution in [-0.4, -0.2) is 16.9 Å². The first kappa shape index (κ1) is 12.1. The molecule has 1 N–H and O–H groups in total. The highest BCUT2D eigenvalue weighted by Crippen LogP contribution is 2.33. The lowest BCUT2D eigenvalue weighted by atomic mass is 10.1. The summed E-state index contributed by atoms with van der Waals surface area (Å²) >= 11 is 2.56. The van der Waals surface area contributed by atoms with E-state index in [0.29, 0.717) is 15.1 Å². The van der Waals surface area contributed by atoms with Gasteiger partial charge in [-0.25, -0.2) is 4.79 Å². The molecule has 5 heteroatoms. The number of rotatable bonds is 3. The first-order valence-electron chi connectivity index (χ1n) is 5.51. The molecule has 3 rings (SSSR count). The topological polar surface area (TPSA) is 54.4 Å². The fourth-order valence-electron chi connectivity index (χ4n) is 1.94. The van der Waals surface area contributed by atoms with Crippen LogP contribution in [0.1, 0.15) is 24.9 Å². The highest BCUT2D eigenvalue weighted by atomic mass is 32.1. The summed E-state index contributed by atoms with van der Waals surface area (Å²) in [5.41, 5.74) is 0.110. The second-order valence-corrected chi connectivity index (χ2v) is 5.91. The molecule has 3 aromatic rings. The Bertz CT molecular complexity index is 769. The summed E-state index contributed by atoms with van der Waals surface area (Å²) in [6.07, 6.45) is 0. The van der Waals surface area contributed by atoms with Crippen molar-refractivity contribution in [2.24, 2.45) is 0 Å². The number of hydrogen-bond donors (Lipinski definition) is 1. The molecular weight excluding hydrogens is 280 g/mol. The van der Waals surface area contributed by atoms with E-state index in [0.717, 1.165) is 4.70 Å². The highest BCUT2D eigenvalue weighted by molar-refractivity contribution is 7.22. The number of aromatic carboxylic acids is 1. The minimum Gasteiger partial charge on any atom is -0.478 e. The number of ketones is 1. The third-order valence-corrected chi connectivity index (χ3v) is 4.80. The first-order chi connectivity index (χ1) is 9.18. The van der Waals surface area contributed by atoms with Crippen LogP contribution in [0.3, 0.4) is 0 Å². The number of fused-ring (bicyclic) bond motifs is 1. The maximum absolute atomic E-state index is 12.4. The standard InChI is InChI=1S/C14H8O3S2/c15-12(10-6-3-7-18-10)13-11(14(16)17)8-4-1-2-5-9(8)19-13/h1-7H,(H,16,17). The molecule has 19 heavy (non-hydrogen) atoms. The molecule has 1 aromatic carbocycles. The Balaban J connectivity index is 2.26. The van der Waals surface area contributed by atoms with E-state index in [1.54, 1.807) is 29.6 Å². The average Bonchev–Trinajstić information content (AvgIpc) is 3.04. The molecule has 0 radical (unpaired) electrons. The fraction of sp³-hybridized carbons (Fsp3) is 0. The van der Waals surface area contributed by atoms with Crippen molar-refractivity contribution in [1.29, 1.82) is 0 Å². The van der Waals surface area contributed by atoms with Gasteiger partial charge in [0, 0.05) is 10.1 Å². The monoisotopic (exact) mass is 288 g/mol. The third kappa shape index (κ3) is 1.97. The van der Waals surface area contributed by atoms with E-state index >= 15 is 0 Å². The molecule has 0 atom stereocenters. The van der Waals surface area contributed by atoms with E-state index < -0.39 is 5.97 Å². The molecule has 0 saturated heterocycles. The van der Waals surface area contributed by atoms with Crippen LogP contribution in [0, 0.1) is 0 Å². The third-order valence-electron chi connectivity index (χ3n) is 2.76. The summed E-state index contributed by atoms with van der Waals surface area (Å²) < 4.78 is 0.819. The minimum atomic E-state index is -1.06. The van der Waals surface area contributed by atoms with Crippen molar-refractivity contribution in [1.82, 2.24) is 0 Å². The maximum atomic E-state index is 12.4. The van der Waals surface area contributed by atoms with Crippen molar-refractivity contribution in [2.45, 2.75) is 0 Å². The second kappa shape index (κ2) is 4.60. The zero-order valence-electron chi connectivity index (χ0n) is 9.62. The van der Waals surface area contributed by atoms with Crippen LogP contribution in [0.25, 0.3) is 10.1 Å². The van der Waals surface area contributed by atoms with E-state index in [9.17, 15) is 14.7 Å². The molecule has 0 bridgehead atoms.